The van der Waals surface area contributed by atoms with Crippen LogP contribution >= 0.6 is 0 Å². The van der Waals surface area contributed by atoms with Crippen LogP contribution in [0.25, 0.3) is 6.08 Å². The Bertz CT molecular complexity index is 799. The fraction of sp³-hybridized carbons (Fsp3) is 0.238. The third kappa shape index (κ3) is 5.48. The van der Waals surface area contributed by atoms with E-state index in [1.165, 1.54) is 6.08 Å². The number of nitrogens with one attached hydrogen (secondary N) is 1. The van der Waals surface area contributed by atoms with E-state index in [1.54, 1.807) is 25.3 Å². The zero-order valence-electron chi connectivity index (χ0n) is 15.5. The van der Waals surface area contributed by atoms with Gasteiger partial charge in [0.2, 0.25) is 0 Å². The van der Waals surface area contributed by atoms with E-state index in [1.807, 2.05) is 45.0 Å². The SMILES string of the molecule is COc1ccc(/C=C/C(=O)OCC(=O)Nc2c(C)cc(C)cc2C)cc1. The van der Waals surface area contributed by atoms with Crippen molar-refractivity contribution in [2.24, 2.45) is 0 Å². The molecule has 0 heterocycles. The second-order valence-electron chi connectivity index (χ2n) is 6.04. The first-order valence-electron chi connectivity index (χ1n) is 8.25. The Hall–Kier alpha value is -3.08. The zero-order valence-corrected chi connectivity index (χ0v) is 15.5. The number of benzene rings is 2. The third-order valence-electron chi connectivity index (χ3n) is 3.81. The van der Waals surface area contributed by atoms with Gasteiger partial charge in [-0.2, -0.15) is 0 Å². The Morgan fingerprint density at radius 3 is 2.23 bits per heavy atom. The van der Waals surface area contributed by atoms with E-state index < -0.39 is 5.97 Å². The third-order valence-corrected chi connectivity index (χ3v) is 3.81. The molecule has 0 spiro atoms. The monoisotopic (exact) mass is 353 g/mol. The van der Waals surface area contributed by atoms with Crippen LogP contribution in [0.3, 0.4) is 0 Å². The molecule has 1 amide bonds. The van der Waals surface area contributed by atoms with Crippen LogP contribution in [-0.2, 0) is 14.3 Å². The first kappa shape index (κ1) is 19.2. The number of amides is 1. The van der Waals surface area contributed by atoms with Crippen LogP contribution in [0.1, 0.15) is 22.3 Å². The highest BCUT2D eigenvalue weighted by molar-refractivity contribution is 5.95. The summed E-state index contributed by atoms with van der Waals surface area (Å²) < 4.78 is 10.1. The number of anilines is 1. The van der Waals surface area contributed by atoms with Gasteiger partial charge in [0, 0.05) is 11.8 Å². The van der Waals surface area contributed by atoms with Gasteiger partial charge in [0.05, 0.1) is 7.11 Å². The second-order valence-corrected chi connectivity index (χ2v) is 6.04. The summed E-state index contributed by atoms with van der Waals surface area (Å²) in [5, 5.41) is 2.79. The summed E-state index contributed by atoms with van der Waals surface area (Å²) in [5.74, 6) is -0.206. The number of aryl methyl sites for hydroxylation is 3. The Morgan fingerprint density at radius 2 is 1.65 bits per heavy atom. The molecule has 2 rings (SSSR count). The minimum Gasteiger partial charge on any atom is -0.497 e. The smallest absolute Gasteiger partial charge is 0.331 e. The molecular formula is C21H23NO4. The van der Waals surface area contributed by atoms with Crippen molar-refractivity contribution in [2.75, 3.05) is 19.0 Å². The molecule has 0 bridgehead atoms. The topological polar surface area (TPSA) is 64.6 Å². The molecule has 0 atom stereocenters. The van der Waals surface area contributed by atoms with Gasteiger partial charge in [0.1, 0.15) is 5.75 Å². The molecule has 0 radical (unpaired) electrons. The number of methoxy groups -OCH3 is 1. The predicted molar refractivity (Wildman–Crippen MR) is 102 cm³/mol. The molecule has 0 unspecified atom stereocenters. The number of carbonyl (C=O) groups excluding carboxylic acids is 2. The van der Waals surface area contributed by atoms with Crippen LogP contribution in [0.15, 0.2) is 42.5 Å². The molecule has 2 aromatic carbocycles. The molecule has 0 aliphatic rings. The fourth-order valence-corrected chi connectivity index (χ4v) is 2.62. The van der Waals surface area contributed by atoms with E-state index in [4.69, 9.17) is 9.47 Å². The highest BCUT2D eigenvalue weighted by atomic mass is 16.5. The van der Waals surface area contributed by atoms with E-state index in [0.29, 0.717) is 0 Å². The number of hydrogen-bond acceptors (Lipinski definition) is 4. The Balaban J connectivity index is 1.86. The van der Waals surface area contributed by atoms with Crippen molar-refractivity contribution in [3.05, 3.63) is 64.7 Å². The molecule has 0 aliphatic heterocycles. The Kier molecular flexibility index (Phi) is 6.55. The van der Waals surface area contributed by atoms with E-state index in [9.17, 15) is 9.59 Å². The molecule has 1 N–H and O–H groups in total. The standard InChI is InChI=1S/C21H23NO4/c1-14-11-15(2)21(16(3)12-14)22-19(23)13-26-20(24)10-7-17-5-8-18(25-4)9-6-17/h5-12H,13H2,1-4H3,(H,22,23)/b10-7+. The van der Waals surface area contributed by atoms with E-state index in [-0.39, 0.29) is 12.5 Å². The lowest BCUT2D eigenvalue weighted by Crippen LogP contribution is -2.21. The van der Waals surface area contributed by atoms with Crippen molar-refractivity contribution in [1.82, 2.24) is 0 Å². The first-order valence-corrected chi connectivity index (χ1v) is 8.25. The average molecular weight is 353 g/mol. The lowest BCUT2D eigenvalue weighted by molar-refractivity contribution is -0.142. The molecule has 0 fully saturated rings. The van der Waals surface area contributed by atoms with Gasteiger partial charge in [0.15, 0.2) is 6.61 Å². The average Bonchev–Trinajstić information content (AvgIpc) is 2.61. The predicted octanol–water partition coefficient (Wildman–Crippen LogP) is 3.82. The maximum absolute atomic E-state index is 12.0. The molecule has 5 nitrogen and oxygen atoms in total. The van der Waals surface area contributed by atoms with Crippen LogP contribution in [0.5, 0.6) is 5.75 Å². The molecule has 0 aromatic heterocycles. The zero-order chi connectivity index (χ0) is 19.1. The first-order chi connectivity index (χ1) is 12.4. The molecule has 0 aliphatic carbocycles. The molecule has 0 saturated carbocycles. The number of esters is 1. The number of rotatable bonds is 6. The lowest BCUT2D eigenvalue weighted by Gasteiger charge is -2.12. The van der Waals surface area contributed by atoms with Gasteiger partial charge in [-0.3, -0.25) is 4.79 Å². The second kappa shape index (κ2) is 8.85. The molecule has 5 heteroatoms. The van der Waals surface area contributed by atoms with Crippen molar-refractivity contribution in [3.63, 3.8) is 0 Å². The summed E-state index contributed by atoms with van der Waals surface area (Å²) >= 11 is 0. The number of carbonyl (C=O) groups is 2. The van der Waals surface area contributed by atoms with Crippen LogP contribution < -0.4 is 10.1 Å². The summed E-state index contributed by atoms with van der Waals surface area (Å²) in [5.41, 5.74) is 4.67. The van der Waals surface area contributed by atoms with Crippen LogP contribution in [-0.4, -0.2) is 25.6 Å². The largest absolute Gasteiger partial charge is 0.497 e. The highest BCUT2D eigenvalue weighted by Gasteiger charge is 2.10. The van der Waals surface area contributed by atoms with Crippen molar-refractivity contribution in [1.29, 1.82) is 0 Å². The molecule has 26 heavy (non-hydrogen) atoms. The fourth-order valence-electron chi connectivity index (χ4n) is 2.62. The van der Waals surface area contributed by atoms with Crippen LogP contribution in [0.4, 0.5) is 5.69 Å². The quantitative estimate of drug-likeness (QED) is 0.633. The van der Waals surface area contributed by atoms with Gasteiger partial charge in [0.25, 0.3) is 5.91 Å². The van der Waals surface area contributed by atoms with E-state index in [0.717, 1.165) is 33.7 Å². The van der Waals surface area contributed by atoms with Gasteiger partial charge < -0.3 is 14.8 Å². The highest BCUT2D eigenvalue weighted by Crippen LogP contribution is 2.21. The van der Waals surface area contributed by atoms with Gasteiger partial charge >= 0.3 is 5.97 Å². The Labute approximate surface area is 153 Å². The summed E-state index contributed by atoms with van der Waals surface area (Å²) in [6, 6.07) is 11.2. The van der Waals surface area contributed by atoms with Crippen LogP contribution in [0.2, 0.25) is 0 Å². The van der Waals surface area contributed by atoms with Gasteiger partial charge in [-0.1, -0.05) is 29.8 Å². The summed E-state index contributed by atoms with van der Waals surface area (Å²) in [4.78, 5) is 23.8. The summed E-state index contributed by atoms with van der Waals surface area (Å²) in [6.45, 7) is 5.53. The van der Waals surface area contributed by atoms with Gasteiger partial charge in [-0.15, -0.1) is 0 Å². The molecular weight excluding hydrogens is 330 g/mol. The maximum atomic E-state index is 12.0. The lowest BCUT2D eigenvalue weighted by atomic mass is 10.1. The minimum absolute atomic E-state index is 0.335. The molecule has 2 aromatic rings. The van der Waals surface area contributed by atoms with Crippen molar-refractivity contribution in [2.45, 2.75) is 20.8 Å². The van der Waals surface area contributed by atoms with Gasteiger partial charge in [-0.05, 0) is 55.7 Å². The van der Waals surface area contributed by atoms with E-state index in [2.05, 4.69) is 5.32 Å². The minimum atomic E-state index is -0.576. The summed E-state index contributed by atoms with van der Waals surface area (Å²) in [7, 11) is 1.59. The van der Waals surface area contributed by atoms with Crippen molar-refractivity contribution >= 4 is 23.6 Å². The van der Waals surface area contributed by atoms with Crippen molar-refractivity contribution < 1.29 is 19.1 Å². The van der Waals surface area contributed by atoms with E-state index >= 15 is 0 Å². The van der Waals surface area contributed by atoms with Crippen LogP contribution in [0, 0.1) is 20.8 Å². The number of ether oxygens (including phenoxy) is 2. The van der Waals surface area contributed by atoms with Gasteiger partial charge in [-0.25, -0.2) is 4.79 Å². The molecule has 0 saturated heterocycles. The number of hydrogen-bond donors (Lipinski definition) is 1. The molecule has 136 valence electrons. The van der Waals surface area contributed by atoms with Crippen molar-refractivity contribution in [3.8, 4) is 5.75 Å². The normalized spacial score (nSPS) is 10.6. The summed E-state index contributed by atoms with van der Waals surface area (Å²) in [6.07, 6.45) is 2.91. The maximum Gasteiger partial charge on any atom is 0.331 e. The Morgan fingerprint density at radius 1 is 1.04 bits per heavy atom.